The smallest absolute Gasteiger partial charge is 0.305 e. The van der Waals surface area contributed by atoms with Gasteiger partial charge in [0, 0.05) is 18.4 Å². The van der Waals surface area contributed by atoms with Crippen molar-refractivity contribution in [2.24, 2.45) is 11.5 Å². The molecule has 0 fully saturated rings. The van der Waals surface area contributed by atoms with Crippen LogP contribution in [0.15, 0.2) is 66.9 Å². The third-order valence-electron chi connectivity index (χ3n) is 5.83. The molecule has 0 bridgehead atoms. The van der Waals surface area contributed by atoms with Gasteiger partial charge < -0.3 is 32.5 Å². The lowest BCUT2D eigenvalue weighted by Crippen LogP contribution is -2.51. The SMILES string of the molecule is N[C@@H](CC(=O)O)C(=O)NCCC[C@H](N)C(=O)N[C@H](Cc1ccccc1)C(=O)Nc1cnc2ccccc2c1. The van der Waals surface area contributed by atoms with Crippen LogP contribution in [0.1, 0.15) is 24.8 Å². The molecule has 200 valence electrons. The minimum Gasteiger partial charge on any atom is -0.481 e. The molecule has 1 aromatic heterocycles. The minimum absolute atomic E-state index is 0.177. The number of anilines is 1. The summed E-state index contributed by atoms with van der Waals surface area (Å²) in [6, 6.07) is 15.6. The first-order valence-corrected chi connectivity index (χ1v) is 12.2. The lowest BCUT2D eigenvalue weighted by molar-refractivity contribution is -0.139. The van der Waals surface area contributed by atoms with Crippen molar-refractivity contribution in [3.63, 3.8) is 0 Å². The maximum absolute atomic E-state index is 13.2. The molecule has 0 spiro atoms. The van der Waals surface area contributed by atoms with Crippen molar-refractivity contribution in [3.05, 3.63) is 72.4 Å². The second kappa shape index (κ2) is 13.8. The van der Waals surface area contributed by atoms with E-state index < -0.39 is 48.2 Å². The summed E-state index contributed by atoms with van der Waals surface area (Å²) in [6.07, 6.45) is 1.93. The average molecular weight is 521 g/mol. The molecule has 3 atom stereocenters. The molecule has 2 aromatic carbocycles. The predicted octanol–water partition coefficient (Wildman–Crippen LogP) is 0.927. The summed E-state index contributed by atoms with van der Waals surface area (Å²) in [6.45, 7) is 0.177. The van der Waals surface area contributed by atoms with Crippen LogP contribution in [0.4, 0.5) is 5.69 Å². The van der Waals surface area contributed by atoms with E-state index in [1.54, 1.807) is 6.20 Å². The van der Waals surface area contributed by atoms with E-state index in [0.29, 0.717) is 12.1 Å². The molecule has 0 aliphatic rings. The van der Waals surface area contributed by atoms with Crippen LogP contribution >= 0.6 is 0 Å². The third kappa shape index (κ3) is 8.64. The number of fused-ring (bicyclic) bond motifs is 1. The fourth-order valence-corrected chi connectivity index (χ4v) is 3.78. The van der Waals surface area contributed by atoms with E-state index in [0.717, 1.165) is 16.5 Å². The Morgan fingerprint density at radius 2 is 1.61 bits per heavy atom. The van der Waals surface area contributed by atoms with E-state index in [1.165, 1.54) is 0 Å². The van der Waals surface area contributed by atoms with Gasteiger partial charge in [-0.2, -0.15) is 0 Å². The summed E-state index contributed by atoms with van der Waals surface area (Å²) in [4.78, 5) is 52.9. The number of carboxylic acids is 1. The van der Waals surface area contributed by atoms with Gasteiger partial charge in [0.1, 0.15) is 6.04 Å². The molecule has 0 saturated carbocycles. The van der Waals surface area contributed by atoms with Crippen LogP contribution in [0.5, 0.6) is 0 Å². The van der Waals surface area contributed by atoms with E-state index in [9.17, 15) is 19.2 Å². The minimum atomic E-state index is -1.17. The van der Waals surface area contributed by atoms with E-state index in [1.807, 2.05) is 60.7 Å². The Bertz CT molecular complexity index is 1270. The topological polar surface area (TPSA) is 190 Å². The van der Waals surface area contributed by atoms with E-state index in [2.05, 4.69) is 20.9 Å². The summed E-state index contributed by atoms with van der Waals surface area (Å²) >= 11 is 0. The van der Waals surface area contributed by atoms with Crippen LogP contribution in [0.2, 0.25) is 0 Å². The lowest BCUT2D eigenvalue weighted by Gasteiger charge is -2.21. The number of nitrogens with two attached hydrogens (primary N) is 2. The summed E-state index contributed by atoms with van der Waals surface area (Å²) in [5.41, 5.74) is 13.7. The molecule has 0 saturated heterocycles. The molecule has 8 N–H and O–H groups in total. The number of carboxylic acid groups (broad SMARTS) is 1. The Hall–Kier alpha value is -4.35. The van der Waals surface area contributed by atoms with Gasteiger partial charge in [0.25, 0.3) is 0 Å². The summed E-state index contributed by atoms with van der Waals surface area (Å²) in [7, 11) is 0. The number of nitrogens with one attached hydrogen (secondary N) is 3. The number of amides is 3. The Balaban J connectivity index is 1.58. The predicted molar refractivity (Wildman–Crippen MR) is 143 cm³/mol. The molecule has 0 unspecified atom stereocenters. The van der Waals surface area contributed by atoms with Crippen molar-refractivity contribution >= 4 is 40.3 Å². The van der Waals surface area contributed by atoms with Gasteiger partial charge in [-0.05, 0) is 30.5 Å². The number of hydrogen-bond donors (Lipinski definition) is 6. The van der Waals surface area contributed by atoms with Crippen LogP contribution in [0.25, 0.3) is 10.9 Å². The number of rotatable bonds is 13. The monoisotopic (exact) mass is 520 g/mol. The molecule has 1 heterocycles. The second-order valence-corrected chi connectivity index (χ2v) is 8.90. The van der Waals surface area contributed by atoms with Crippen LogP contribution < -0.4 is 27.4 Å². The number of hydrogen-bond acceptors (Lipinski definition) is 7. The van der Waals surface area contributed by atoms with Crippen LogP contribution in [-0.2, 0) is 25.6 Å². The lowest BCUT2D eigenvalue weighted by atomic mass is 10.0. The van der Waals surface area contributed by atoms with E-state index in [4.69, 9.17) is 16.6 Å². The van der Waals surface area contributed by atoms with Gasteiger partial charge in [-0.1, -0.05) is 48.5 Å². The molecule has 0 radical (unpaired) electrons. The fraction of sp³-hybridized carbons (Fsp3) is 0.296. The van der Waals surface area contributed by atoms with Crippen LogP contribution in [-0.4, -0.2) is 58.5 Å². The van der Waals surface area contributed by atoms with Gasteiger partial charge in [0.15, 0.2) is 0 Å². The van der Waals surface area contributed by atoms with Gasteiger partial charge >= 0.3 is 5.97 Å². The second-order valence-electron chi connectivity index (χ2n) is 8.90. The van der Waals surface area contributed by atoms with Crippen molar-refractivity contribution < 1.29 is 24.3 Å². The van der Waals surface area contributed by atoms with Gasteiger partial charge in [-0.15, -0.1) is 0 Å². The van der Waals surface area contributed by atoms with Crippen molar-refractivity contribution in [2.45, 2.75) is 43.8 Å². The Labute approximate surface area is 220 Å². The number of carbonyl (C=O) groups excluding carboxylic acids is 3. The zero-order chi connectivity index (χ0) is 27.5. The Morgan fingerprint density at radius 3 is 2.34 bits per heavy atom. The fourth-order valence-electron chi connectivity index (χ4n) is 3.78. The van der Waals surface area contributed by atoms with Gasteiger partial charge in [0.05, 0.1) is 35.9 Å². The number of carbonyl (C=O) groups is 4. The number of nitrogens with zero attached hydrogens (tertiary/aromatic N) is 1. The van der Waals surface area contributed by atoms with Crippen molar-refractivity contribution in [1.82, 2.24) is 15.6 Å². The maximum atomic E-state index is 13.2. The maximum Gasteiger partial charge on any atom is 0.305 e. The highest BCUT2D eigenvalue weighted by molar-refractivity contribution is 5.99. The molecule has 11 nitrogen and oxygen atoms in total. The first kappa shape index (κ1) is 28.2. The molecule has 0 aliphatic carbocycles. The van der Waals surface area contributed by atoms with Crippen molar-refractivity contribution in [3.8, 4) is 0 Å². The molecular formula is C27H32N6O5. The van der Waals surface area contributed by atoms with Crippen LogP contribution in [0.3, 0.4) is 0 Å². The number of aromatic nitrogens is 1. The normalized spacial score (nSPS) is 13.2. The largest absolute Gasteiger partial charge is 0.481 e. The highest BCUT2D eigenvalue weighted by Gasteiger charge is 2.24. The zero-order valence-corrected chi connectivity index (χ0v) is 20.8. The van der Waals surface area contributed by atoms with Crippen LogP contribution in [0, 0.1) is 0 Å². The highest BCUT2D eigenvalue weighted by Crippen LogP contribution is 2.16. The first-order chi connectivity index (χ1) is 18.2. The molecule has 11 heteroatoms. The van der Waals surface area contributed by atoms with Gasteiger partial charge in [0.2, 0.25) is 17.7 Å². The van der Waals surface area contributed by atoms with Gasteiger partial charge in [-0.3, -0.25) is 24.2 Å². The van der Waals surface area contributed by atoms with Crippen molar-refractivity contribution in [2.75, 3.05) is 11.9 Å². The first-order valence-electron chi connectivity index (χ1n) is 12.2. The molecule has 3 rings (SSSR count). The van der Waals surface area contributed by atoms with Crippen molar-refractivity contribution in [1.29, 1.82) is 0 Å². The summed E-state index contributed by atoms with van der Waals surface area (Å²) < 4.78 is 0. The van der Waals surface area contributed by atoms with Gasteiger partial charge in [-0.25, -0.2) is 0 Å². The molecule has 0 aliphatic heterocycles. The number of aliphatic carboxylic acids is 1. The zero-order valence-electron chi connectivity index (χ0n) is 20.8. The Morgan fingerprint density at radius 1 is 0.895 bits per heavy atom. The molecule has 3 aromatic rings. The Kier molecular flexibility index (Phi) is 10.3. The highest BCUT2D eigenvalue weighted by atomic mass is 16.4. The van der Waals surface area contributed by atoms with E-state index in [-0.39, 0.29) is 19.4 Å². The average Bonchev–Trinajstić information content (AvgIpc) is 2.90. The van der Waals surface area contributed by atoms with E-state index >= 15 is 0 Å². The summed E-state index contributed by atoms with van der Waals surface area (Å²) in [5, 5.41) is 17.7. The number of benzene rings is 2. The number of pyridine rings is 1. The summed E-state index contributed by atoms with van der Waals surface area (Å²) in [5.74, 6) is -2.68. The molecule has 38 heavy (non-hydrogen) atoms. The molecule has 3 amide bonds. The third-order valence-corrected chi connectivity index (χ3v) is 5.83. The standard InChI is InChI=1S/C27H32N6O5/c28-20(10-6-12-30-25(36)21(29)15-24(34)35)26(37)33-23(13-17-7-2-1-3-8-17)27(38)32-19-14-18-9-4-5-11-22(18)31-16-19/h1-5,7-9,11,14,16,20-21,23H,6,10,12-13,15,28-29H2,(H,30,36)(H,32,38)(H,33,37)(H,34,35)/t20-,21-,23+/m0/s1. The quantitative estimate of drug-likeness (QED) is 0.179. The molecular weight excluding hydrogens is 488 g/mol. The number of para-hydroxylation sites is 1.